The van der Waals surface area contributed by atoms with E-state index < -0.39 is 5.54 Å². The number of likely N-dealkylation sites (N-methyl/N-ethyl adjacent to an activating group) is 1. The normalized spacial score (nSPS) is 32.3. The van der Waals surface area contributed by atoms with Gasteiger partial charge in [-0.2, -0.15) is 0 Å². The van der Waals surface area contributed by atoms with Crippen molar-refractivity contribution >= 4 is 5.97 Å². The Balaban J connectivity index is 3.27. The van der Waals surface area contributed by atoms with Crippen LogP contribution in [0.3, 0.4) is 0 Å². The van der Waals surface area contributed by atoms with Crippen LogP contribution in [0.5, 0.6) is 0 Å². The van der Waals surface area contributed by atoms with E-state index in [0.717, 1.165) is 6.42 Å². The largest absolute Gasteiger partial charge is 0.457 e. The Hall–Kier alpha value is -1.09. The fourth-order valence-electron chi connectivity index (χ4n) is 3.24. The second-order valence-corrected chi connectivity index (χ2v) is 6.53. The third-order valence-electron chi connectivity index (χ3n) is 3.98. The van der Waals surface area contributed by atoms with E-state index in [-0.39, 0.29) is 30.2 Å². The van der Waals surface area contributed by atoms with E-state index in [1.165, 1.54) is 6.92 Å². The van der Waals surface area contributed by atoms with E-state index in [9.17, 15) is 4.79 Å². The highest BCUT2D eigenvalue weighted by Crippen LogP contribution is 2.40. The summed E-state index contributed by atoms with van der Waals surface area (Å²) in [5.41, 5.74) is 2.27. The lowest BCUT2D eigenvalue weighted by atomic mass is 9.80. The zero-order chi connectivity index (χ0) is 16.2. The van der Waals surface area contributed by atoms with E-state index in [4.69, 9.17) is 9.47 Å². The number of rotatable bonds is 6. The van der Waals surface area contributed by atoms with Crippen molar-refractivity contribution in [1.82, 2.24) is 5.32 Å². The molecule has 4 nitrogen and oxygen atoms in total. The molecule has 1 N–H and O–H groups in total. The van der Waals surface area contributed by atoms with Gasteiger partial charge in [0.25, 0.3) is 0 Å². The molecule has 0 aromatic heterocycles. The third-order valence-corrected chi connectivity index (χ3v) is 3.98. The Labute approximate surface area is 128 Å². The molecule has 0 saturated carbocycles. The van der Waals surface area contributed by atoms with Crippen LogP contribution in [-0.4, -0.2) is 36.9 Å². The zero-order valence-electron chi connectivity index (χ0n) is 14.1. The van der Waals surface area contributed by atoms with E-state index in [2.05, 4.69) is 45.3 Å². The van der Waals surface area contributed by atoms with Crippen molar-refractivity contribution in [3.63, 3.8) is 0 Å². The van der Waals surface area contributed by atoms with Crippen molar-refractivity contribution in [2.45, 2.75) is 64.9 Å². The summed E-state index contributed by atoms with van der Waals surface area (Å²) in [5.74, 6) is 0.442. The van der Waals surface area contributed by atoms with Gasteiger partial charge in [0.05, 0.1) is 12.2 Å². The van der Waals surface area contributed by atoms with Crippen molar-refractivity contribution in [2.75, 3.05) is 7.05 Å². The minimum atomic E-state index is -0.582. The number of esters is 1. The van der Waals surface area contributed by atoms with Crippen molar-refractivity contribution in [2.24, 2.45) is 11.8 Å². The van der Waals surface area contributed by atoms with Gasteiger partial charge in [0.15, 0.2) is 6.10 Å². The maximum absolute atomic E-state index is 11.6. The van der Waals surface area contributed by atoms with Gasteiger partial charge in [0.1, 0.15) is 5.54 Å². The molecule has 0 bridgehead atoms. The van der Waals surface area contributed by atoms with E-state index in [0.29, 0.717) is 5.92 Å². The Morgan fingerprint density at radius 3 is 2.48 bits per heavy atom. The molecule has 1 saturated heterocycles. The summed E-state index contributed by atoms with van der Waals surface area (Å²) >= 11 is 0. The predicted octanol–water partition coefficient (Wildman–Crippen LogP) is 2.69. The second-order valence-electron chi connectivity index (χ2n) is 6.53. The van der Waals surface area contributed by atoms with Gasteiger partial charge < -0.3 is 14.8 Å². The molecule has 0 aromatic rings. The molecule has 1 rings (SSSR count). The number of carbonyl (C=O) groups is 1. The molecule has 21 heavy (non-hydrogen) atoms. The molecule has 120 valence electrons. The van der Waals surface area contributed by atoms with E-state index >= 15 is 0 Å². The summed E-state index contributed by atoms with van der Waals surface area (Å²) in [7, 11) is 1.86. The average Bonchev–Trinajstić information content (AvgIpc) is 2.64. The SMILES string of the molecule is C=C=C[C@@]1(NC)[C@H](OC(C)=O)[C@@H](CC(C)C)O[C@H]1C(C)C. The van der Waals surface area contributed by atoms with Gasteiger partial charge in [0.2, 0.25) is 0 Å². The van der Waals surface area contributed by atoms with Crippen LogP contribution in [0.1, 0.15) is 41.0 Å². The maximum atomic E-state index is 11.6. The highest BCUT2D eigenvalue weighted by atomic mass is 16.6. The fourth-order valence-corrected chi connectivity index (χ4v) is 3.24. The third kappa shape index (κ3) is 3.76. The highest BCUT2D eigenvalue weighted by Gasteiger charge is 2.57. The first kappa shape index (κ1) is 18.0. The number of nitrogens with one attached hydrogen (secondary N) is 1. The lowest BCUT2D eigenvalue weighted by molar-refractivity contribution is -0.151. The average molecular weight is 295 g/mol. The van der Waals surface area contributed by atoms with Crippen LogP contribution in [0.15, 0.2) is 18.4 Å². The standard InChI is InChI=1S/C17H29NO3/c1-8-9-17(18-7)15(12(4)5)21-14(10-11(2)3)16(17)20-13(6)19/h9,11-12,14-16,18H,1,10H2,2-7H3/t14-,15+,16-,17+/m1/s1. The van der Waals surface area contributed by atoms with Crippen molar-refractivity contribution in [1.29, 1.82) is 0 Å². The quantitative estimate of drug-likeness (QED) is 0.604. The van der Waals surface area contributed by atoms with Gasteiger partial charge in [-0.05, 0) is 31.4 Å². The maximum Gasteiger partial charge on any atom is 0.303 e. The summed E-state index contributed by atoms with van der Waals surface area (Å²) in [5, 5.41) is 3.31. The zero-order valence-corrected chi connectivity index (χ0v) is 14.1. The topological polar surface area (TPSA) is 47.6 Å². The lowest BCUT2D eigenvalue weighted by Gasteiger charge is -2.36. The second kappa shape index (κ2) is 7.26. The van der Waals surface area contributed by atoms with Crippen LogP contribution in [0.4, 0.5) is 0 Å². The molecule has 0 spiro atoms. The Morgan fingerprint density at radius 1 is 1.48 bits per heavy atom. The fraction of sp³-hybridized carbons (Fsp3) is 0.765. The minimum Gasteiger partial charge on any atom is -0.457 e. The van der Waals surface area contributed by atoms with Crippen molar-refractivity contribution in [3.8, 4) is 0 Å². The Morgan fingerprint density at radius 2 is 2.10 bits per heavy atom. The smallest absolute Gasteiger partial charge is 0.303 e. The van der Waals surface area contributed by atoms with Gasteiger partial charge in [-0.25, -0.2) is 0 Å². The first-order chi connectivity index (χ1) is 9.78. The molecular formula is C17H29NO3. The molecule has 1 aliphatic heterocycles. The molecule has 0 radical (unpaired) electrons. The molecule has 0 amide bonds. The highest BCUT2D eigenvalue weighted by molar-refractivity contribution is 5.66. The predicted molar refractivity (Wildman–Crippen MR) is 84.0 cm³/mol. The van der Waals surface area contributed by atoms with Crippen LogP contribution in [0.2, 0.25) is 0 Å². The lowest BCUT2D eigenvalue weighted by Crippen LogP contribution is -2.59. The summed E-state index contributed by atoms with van der Waals surface area (Å²) in [6.07, 6.45) is 2.11. The van der Waals surface area contributed by atoms with Gasteiger partial charge in [-0.3, -0.25) is 4.79 Å². The monoisotopic (exact) mass is 295 g/mol. The molecule has 0 unspecified atom stereocenters. The Kier molecular flexibility index (Phi) is 6.21. The molecule has 4 atom stereocenters. The van der Waals surface area contributed by atoms with Crippen molar-refractivity contribution in [3.05, 3.63) is 18.4 Å². The molecule has 0 aromatic carbocycles. The summed E-state index contributed by atoms with van der Waals surface area (Å²) in [4.78, 5) is 11.6. The summed E-state index contributed by atoms with van der Waals surface area (Å²) in [6.45, 7) is 13.6. The van der Waals surface area contributed by atoms with Gasteiger partial charge in [-0.1, -0.05) is 34.3 Å². The van der Waals surface area contributed by atoms with Crippen LogP contribution < -0.4 is 5.32 Å². The molecule has 1 aliphatic rings. The minimum absolute atomic E-state index is 0.0927. The van der Waals surface area contributed by atoms with E-state index in [1.54, 1.807) is 0 Å². The first-order valence-electron chi connectivity index (χ1n) is 7.67. The van der Waals surface area contributed by atoms with Gasteiger partial charge >= 0.3 is 5.97 Å². The van der Waals surface area contributed by atoms with Crippen LogP contribution in [0, 0.1) is 11.8 Å². The molecule has 4 heteroatoms. The van der Waals surface area contributed by atoms with Crippen LogP contribution in [0.25, 0.3) is 0 Å². The number of hydrogen-bond acceptors (Lipinski definition) is 4. The number of hydrogen-bond donors (Lipinski definition) is 1. The molecular weight excluding hydrogens is 266 g/mol. The summed E-state index contributed by atoms with van der Waals surface area (Å²) in [6, 6.07) is 0. The first-order valence-corrected chi connectivity index (χ1v) is 7.67. The van der Waals surface area contributed by atoms with Crippen LogP contribution >= 0.6 is 0 Å². The number of carbonyl (C=O) groups excluding carboxylic acids is 1. The number of ether oxygens (including phenoxy) is 2. The summed E-state index contributed by atoms with van der Waals surface area (Å²) < 4.78 is 11.9. The molecule has 0 aliphatic carbocycles. The molecule has 1 heterocycles. The molecule has 1 fully saturated rings. The van der Waals surface area contributed by atoms with Crippen LogP contribution in [-0.2, 0) is 14.3 Å². The van der Waals surface area contributed by atoms with Gasteiger partial charge in [0, 0.05) is 6.92 Å². The Bertz CT molecular complexity index is 412. The van der Waals surface area contributed by atoms with Gasteiger partial charge in [-0.15, -0.1) is 5.73 Å². The van der Waals surface area contributed by atoms with Crippen molar-refractivity contribution < 1.29 is 14.3 Å². The van der Waals surface area contributed by atoms with E-state index in [1.807, 2.05) is 13.1 Å².